The van der Waals surface area contributed by atoms with Crippen molar-refractivity contribution in [1.82, 2.24) is 14.8 Å². The largest absolute Gasteiger partial charge is 0.344 e. The molecule has 3 amide bonds. The van der Waals surface area contributed by atoms with Gasteiger partial charge in [-0.3, -0.25) is 14.5 Å². The summed E-state index contributed by atoms with van der Waals surface area (Å²) in [5, 5.41) is 2.81. The van der Waals surface area contributed by atoms with Crippen molar-refractivity contribution in [1.29, 1.82) is 0 Å². The molecule has 0 saturated carbocycles. The normalized spacial score (nSPS) is 24.4. The summed E-state index contributed by atoms with van der Waals surface area (Å²) in [5.74, 6) is -0.601. The van der Waals surface area contributed by atoms with Gasteiger partial charge in [0.1, 0.15) is 5.54 Å². The smallest absolute Gasteiger partial charge is 0.325 e. The minimum absolute atomic E-state index is 0.0551. The topological polar surface area (TPSA) is 106 Å². The van der Waals surface area contributed by atoms with Gasteiger partial charge in [0.25, 0.3) is 5.91 Å². The number of imide groups is 1. The molecule has 9 heteroatoms. The predicted molar refractivity (Wildman–Crippen MR) is 124 cm³/mol. The number of aromatic nitrogens is 1. The number of urea groups is 1. The molecular formula is C24H29N3O5S. The number of aryl methyl sites for hydroxylation is 2. The van der Waals surface area contributed by atoms with Gasteiger partial charge >= 0.3 is 6.03 Å². The molecule has 176 valence electrons. The summed E-state index contributed by atoms with van der Waals surface area (Å²) in [6.07, 6.45) is 0.866. The van der Waals surface area contributed by atoms with Crippen LogP contribution < -0.4 is 5.32 Å². The second-order valence-electron chi connectivity index (χ2n) is 9.08. The lowest BCUT2D eigenvalue weighted by Gasteiger charge is -2.26. The van der Waals surface area contributed by atoms with Gasteiger partial charge in [-0.1, -0.05) is 36.8 Å². The van der Waals surface area contributed by atoms with Gasteiger partial charge in [-0.05, 0) is 45.2 Å². The number of hydrogen-bond acceptors (Lipinski definition) is 5. The van der Waals surface area contributed by atoms with E-state index in [0.29, 0.717) is 29.7 Å². The van der Waals surface area contributed by atoms with Gasteiger partial charge in [-0.2, -0.15) is 0 Å². The molecule has 0 unspecified atom stereocenters. The van der Waals surface area contributed by atoms with Crippen LogP contribution >= 0.6 is 0 Å². The molecule has 2 saturated heterocycles. The average Bonchev–Trinajstić information content (AvgIpc) is 3.35. The fourth-order valence-electron chi connectivity index (χ4n) is 5.08. The third-order valence-corrected chi connectivity index (χ3v) is 8.66. The summed E-state index contributed by atoms with van der Waals surface area (Å²) in [6, 6.07) is 8.34. The van der Waals surface area contributed by atoms with Gasteiger partial charge in [-0.15, -0.1) is 0 Å². The molecule has 2 fully saturated rings. The van der Waals surface area contributed by atoms with Crippen LogP contribution in [0.1, 0.15) is 58.7 Å². The summed E-state index contributed by atoms with van der Waals surface area (Å²) in [4.78, 5) is 40.3. The fourth-order valence-corrected chi connectivity index (χ4v) is 6.78. The highest BCUT2D eigenvalue weighted by atomic mass is 32.2. The molecule has 4 rings (SSSR count). The Hall–Kier alpha value is -2.94. The summed E-state index contributed by atoms with van der Waals surface area (Å²) < 4.78 is 25.8. The van der Waals surface area contributed by atoms with Crippen molar-refractivity contribution in [3.05, 3.63) is 58.4 Å². The maximum Gasteiger partial charge on any atom is 0.325 e. The van der Waals surface area contributed by atoms with Crippen molar-refractivity contribution in [2.45, 2.75) is 52.1 Å². The number of carbonyl (C=O) groups is 3. The number of nitrogens with zero attached hydrogens (tertiary/aromatic N) is 2. The van der Waals surface area contributed by atoms with Gasteiger partial charge in [0.05, 0.1) is 18.1 Å². The van der Waals surface area contributed by atoms with Crippen molar-refractivity contribution >= 4 is 27.6 Å². The summed E-state index contributed by atoms with van der Waals surface area (Å²) >= 11 is 0. The Labute approximate surface area is 193 Å². The molecule has 3 heterocycles. The van der Waals surface area contributed by atoms with Gasteiger partial charge < -0.3 is 9.88 Å². The Morgan fingerprint density at radius 3 is 2.39 bits per heavy atom. The number of nitrogens with one attached hydrogen (secondary N) is 1. The van der Waals surface area contributed by atoms with Crippen LogP contribution in [0.5, 0.6) is 0 Å². The molecule has 8 nitrogen and oxygen atoms in total. The first kappa shape index (κ1) is 23.2. The first-order chi connectivity index (χ1) is 15.5. The molecule has 1 aromatic heterocycles. The predicted octanol–water partition coefficient (Wildman–Crippen LogP) is 2.81. The monoisotopic (exact) mass is 471 g/mol. The minimum Gasteiger partial charge on any atom is -0.344 e. The van der Waals surface area contributed by atoms with Gasteiger partial charge in [0, 0.05) is 23.0 Å². The Morgan fingerprint density at radius 2 is 1.82 bits per heavy atom. The fraction of sp³-hybridized carbons (Fsp3) is 0.458. The van der Waals surface area contributed by atoms with E-state index in [2.05, 4.69) is 5.32 Å². The summed E-state index contributed by atoms with van der Waals surface area (Å²) in [7, 11) is -3.08. The van der Waals surface area contributed by atoms with E-state index in [1.54, 1.807) is 13.0 Å². The Bertz CT molecular complexity index is 1250. The van der Waals surface area contributed by atoms with Gasteiger partial charge in [-0.25, -0.2) is 13.2 Å². The summed E-state index contributed by atoms with van der Waals surface area (Å²) in [6.45, 7) is 7.01. The number of amides is 3. The second-order valence-corrected chi connectivity index (χ2v) is 11.3. The zero-order valence-electron chi connectivity index (χ0n) is 19.3. The molecule has 0 bridgehead atoms. The first-order valence-corrected chi connectivity index (χ1v) is 12.9. The highest BCUT2D eigenvalue weighted by Gasteiger charge is 2.51. The number of hydrogen-bond donors (Lipinski definition) is 1. The third-order valence-electron chi connectivity index (χ3n) is 6.91. The molecule has 0 spiro atoms. The Balaban J connectivity index is 1.59. The van der Waals surface area contributed by atoms with Crippen molar-refractivity contribution < 1.29 is 22.8 Å². The highest BCUT2D eigenvalue weighted by molar-refractivity contribution is 7.91. The lowest BCUT2D eigenvalue weighted by atomic mass is 9.86. The number of sulfone groups is 1. The molecule has 1 N–H and O–H groups in total. The highest BCUT2D eigenvalue weighted by Crippen LogP contribution is 2.33. The van der Waals surface area contributed by atoms with Crippen molar-refractivity contribution in [3.63, 3.8) is 0 Å². The van der Waals surface area contributed by atoms with E-state index >= 15 is 0 Å². The van der Waals surface area contributed by atoms with Crippen LogP contribution in [-0.2, 0) is 20.2 Å². The zero-order chi connectivity index (χ0) is 24.1. The molecular weight excluding hydrogens is 442 g/mol. The van der Waals surface area contributed by atoms with Crippen molar-refractivity contribution in [2.75, 3.05) is 18.1 Å². The number of ketones is 1. The molecule has 0 aliphatic carbocycles. The number of carbonyl (C=O) groups excluding carboxylic acids is 3. The Kier molecular flexibility index (Phi) is 5.72. The van der Waals surface area contributed by atoms with Gasteiger partial charge in [0.15, 0.2) is 15.6 Å². The zero-order valence-corrected chi connectivity index (χ0v) is 20.2. The van der Waals surface area contributed by atoms with Crippen molar-refractivity contribution in [3.8, 4) is 0 Å². The van der Waals surface area contributed by atoms with Crippen LogP contribution in [0.4, 0.5) is 4.79 Å². The maximum atomic E-state index is 13.4. The molecule has 2 aliphatic heterocycles. The molecule has 33 heavy (non-hydrogen) atoms. The first-order valence-electron chi connectivity index (χ1n) is 11.1. The van der Waals surface area contributed by atoms with E-state index in [0.717, 1.165) is 16.2 Å². The van der Waals surface area contributed by atoms with E-state index in [9.17, 15) is 22.8 Å². The summed E-state index contributed by atoms with van der Waals surface area (Å²) in [5.41, 5.74) is 2.38. The number of benzene rings is 1. The van der Waals surface area contributed by atoms with E-state index < -0.39 is 27.3 Å². The number of rotatable bonds is 6. The quantitative estimate of drug-likeness (QED) is 0.515. The van der Waals surface area contributed by atoms with Crippen LogP contribution in [-0.4, -0.2) is 53.7 Å². The van der Waals surface area contributed by atoms with E-state index in [-0.39, 0.29) is 29.9 Å². The molecule has 2 atom stereocenters. The van der Waals surface area contributed by atoms with Crippen molar-refractivity contribution in [2.24, 2.45) is 0 Å². The average molecular weight is 472 g/mol. The molecule has 2 aromatic rings. The standard InChI is InChI=1S/C24H29N3O5S/c1-5-24(18-8-6-15(2)7-9-18)22(29)26(23(30)25-24)13-21(28)20-12-16(3)27(17(20)4)19-10-11-33(31,32)14-19/h6-9,12,19H,5,10-11,13-14H2,1-4H3,(H,25,30)/t19-,24-/m1/s1. The lowest BCUT2D eigenvalue weighted by Crippen LogP contribution is -2.43. The Morgan fingerprint density at radius 1 is 1.15 bits per heavy atom. The van der Waals surface area contributed by atoms with Crippen LogP contribution in [0.25, 0.3) is 0 Å². The van der Waals surface area contributed by atoms with Crippen LogP contribution in [0, 0.1) is 20.8 Å². The van der Waals surface area contributed by atoms with Crippen LogP contribution in [0.3, 0.4) is 0 Å². The maximum absolute atomic E-state index is 13.4. The second kappa shape index (κ2) is 8.13. The molecule has 0 radical (unpaired) electrons. The van der Waals surface area contributed by atoms with Gasteiger partial charge in [0.2, 0.25) is 0 Å². The lowest BCUT2D eigenvalue weighted by molar-refractivity contribution is -0.131. The minimum atomic E-state index is -3.08. The van der Waals surface area contributed by atoms with E-state index in [4.69, 9.17) is 0 Å². The number of Topliss-reactive ketones (excluding diaryl/α,β-unsaturated/α-hetero) is 1. The van der Waals surface area contributed by atoms with E-state index in [1.165, 1.54) is 0 Å². The third kappa shape index (κ3) is 3.88. The SMILES string of the molecule is CC[C@]1(c2ccc(C)cc2)NC(=O)N(CC(=O)c2cc(C)n([C@@H]3CCS(=O)(=O)C3)c2C)C1=O. The van der Waals surface area contributed by atoms with Crippen LogP contribution in [0.2, 0.25) is 0 Å². The van der Waals surface area contributed by atoms with Crippen LogP contribution in [0.15, 0.2) is 30.3 Å². The van der Waals surface area contributed by atoms with E-state index in [1.807, 2.05) is 49.6 Å². The molecule has 1 aromatic carbocycles. The molecule has 2 aliphatic rings.